The van der Waals surface area contributed by atoms with Gasteiger partial charge in [-0.05, 0) is 12.8 Å². The summed E-state index contributed by atoms with van der Waals surface area (Å²) >= 11 is 0. The van der Waals surface area contributed by atoms with E-state index in [1.54, 1.807) is 0 Å². The first kappa shape index (κ1) is 12.3. The monoisotopic (exact) mass is 250 g/mol. The van der Waals surface area contributed by atoms with Crippen molar-refractivity contribution in [3.63, 3.8) is 0 Å². The minimum Gasteiger partial charge on any atom is -0.379 e. The van der Waals surface area contributed by atoms with Crippen molar-refractivity contribution in [1.82, 2.24) is 9.03 Å². The smallest absolute Gasteiger partial charge is 0.279 e. The van der Waals surface area contributed by atoms with Crippen molar-refractivity contribution in [1.29, 1.82) is 0 Å². The van der Waals surface area contributed by atoms with E-state index in [2.05, 4.69) is 4.72 Å². The van der Waals surface area contributed by atoms with E-state index in [1.165, 1.54) is 4.31 Å². The molecular weight excluding hydrogens is 232 g/mol. The van der Waals surface area contributed by atoms with Gasteiger partial charge < -0.3 is 9.47 Å². The van der Waals surface area contributed by atoms with Crippen LogP contribution in [0, 0.1) is 0 Å². The molecular formula is C9H18N2O4S. The normalized spacial score (nSPS) is 28.4. The van der Waals surface area contributed by atoms with Crippen LogP contribution in [-0.2, 0) is 19.7 Å². The molecule has 7 heteroatoms. The molecule has 0 aromatic heterocycles. The summed E-state index contributed by atoms with van der Waals surface area (Å²) in [5, 5.41) is 0. The first-order chi connectivity index (χ1) is 7.68. The summed E-state index contributed by atoms with van der Waals surface area (Å²) < 4.78 is 38.2. The van der Waals surface area contributed by atoms with Gasteiger partial charge in [-0.3, -0.25) is 0 Å². The summed E-state index contributed by atoms with van der Waals surface area (Å²) in [4.78, 5) is 0. The Bertz CT molecular complexity index is 307. The van der Waals surface area contributed by atoms with Gasteiger partial charge in [0, 0.05) is 26.2 Å². The van der Waals surface area contributed by atoms with Gasteiger partial charge in [0.1, 0.15) is 0 Å². The third kappa shape index (κ3) is 3.14. The quantitative estimate of drug-likeness (QED) is 0.718. The largest absolute Gasteiger partial charge is 0.379 e. The fourth-order valence-electron chi connectivity index (χ4n) is 1.88. The molecule has 0 amide bonds. The highest BCUT2D eigenvalue weighted by atomic mass is 32.2. The van der Waals surface area contributed by atoms with E-state index < -0.39 is 10.2 Å². The van der Waals surface area contributed by atoms with Gasteiger partial charge in [0.25, 0.3) is 10.2 Å². The van der Waals surface area contributed by atoms with Crippen LogP contribution in [0.1, 0.15) is 12.8 Å². The maximum absolute atomic E-state index is 11.8. The van der Waals surface area contributed by atoms with Crippen molar-refractivity contribution in [2.45, 2.75) is 18.9 Å². The zero-order valence-corrected chi connectivity index (χ0v) is 10.0. The molecule has 2 aliphatic rings. The van der Waals surface area contributed by atoms with Crippen LogP contribution in [0.3, 0.4) is 0 Å². The summed E-state index contributed by atoms with van der Waals surface area (Å²) in [5.41, 5.74) is 0. The minimum absolute atomic E-state index is 0.0378. The lowest BCUT2D eigenvalue weighted by atomic mass is 10.2. The Morgan fingerprint density at radius 1 is 1.25 bits per heavy atom. The first-order valence-corrected chi connectivity index (χ1v) is 7.06. The van der Waals surface area contributed by atoms with E-state index in [0.717, 1.165) is 19.4 Å². The van der Waals surface area contributed by atoms with Crippen molar-refractivity contribution in [2.24, 2.45) is 0 Å². The van der Waals surface area contributed by atoms with Gasteiger partial charge in [0.15, 0.2) is 0 Å². The van der Waals surface area contributed by atoms with E-state index in [-0.39, 0.29) is 6.10 Å². The Kier molecular flexibility index (Phi) is 4.15. The highest BCUT2D eigenvalue weighted by Gasteiger charge is 2.25. The molecule has 2 aliphatic heterocycles. The second-order valence-corrected chi connectivity index (χ2v) is 5.76. The van der Waals surface area contributed by atoms with Crippen LogP contribution in [0.2, 0.25) is 0 Å². The molecule has 0 aliphatic carbocycles. The van der Waals surface area contributed by atoms with Crippen molar-refractivity contribution < 1.29 is 17.9 Å². The lowest BCUT2D eigenvalue weighted by molar-refractivity contribution is 0.0718. The number of hydrogen-bond acceptors (Lipinski definition) is 4. The topological polar surface area (TPSA) is 67.9 Å². The second-order valence-electron chi connectivity index (χ2n) is 4.00. The van der Waals surface area contributed by atoms with Crippen LogP contribution >= 0.6 is 0 Å². The Morgan fingerprint density at radius 2 is 2.00 bits per heavy atom. The van der Waals surface area contributed by atoms with Crippen LogP contribution < -0.4 is 4.72 Å². The molecule has 94 valence electrons. The first-order valence-electron chi connectivity index (χ1n) is 5.62. The van der Waals surface area contributed by atoms with Gasteiger partial charge in [-0.1, -0.05) is 0 Å². The number of nitrogens with one attached hydrogen (secondary N) is 1. The van der Waals surface area contributed by atoms with Gasteiger partial charge >= 0.3 is 0 Å². The Morgan fingerprint density at radius 3 is 2.62 bits per heavy atom. The maximum Gasteiger partial charge on any atom is 0.279 e. The molecule has 1 atom stereocenters. The van der Waals surface area contributed by atoms with Crippen molar-refractivity contribution in [3.8, 4) is 0 Å². The van der Waals surface area contributed by atoms with Crippen molar-refractivity contribution in [2.75, 3.05) is 39.5 Å². The van der Waals surface area contributed by atoms with Crippen LogP contribution in [0.5, 0.6) is 0 Å². The van der Waals surface area contributed by atoms with E-state index in [4.69, 9.17) is 9.47 Å². The third-order valence-corrected chi connectivity index (χ3v) is 4.40. The molecule has 0 saturated carbocycles. The fraction of sp³-hybridized carbons (Fsp3) is 1.00. The van der Waals surface area contributed by atoms with Gasteiger partial charge in [-0.15, -0.1) is 0 Å². The summed E-state index contributed by atoms with van der Waals surface area (Å²) in [6.45, 7) is 2.92. The highest BCUT2D eigenvalue weighted by molar-refractivity contribution is 7.87. The molecule has 0 bridgehead atoms. The molecule has 0 spiro atoms. The van der Waals surface area contributed by atoms with Crippen molar-refractivity contribution in [3.05, 3.63) is 0 Å². The average molecular weight is 250 g/mol. The minimum atomic E-state index is -3.35. The Hall–Kier alpha value is -0.210. The molecule has 2 fully saturated rings. The van der Waals surface area contributed by atoms with Crippen LogP contribution in [0.15, 0.2) is 0 Å². The number of hydrogen-bond donors (Lipinski definition) is 1. The van der Waals surface area contributed by atoms with E-state index in [0.29, 0.717) is 32.8 Å². The molecule has 6 nitrogen and oxygen atoms in total. The molecule has 0 aromatic rings. The third-order valence-electron chi connectivity index (χ3n) is 2.83. The van der Waals surface area contributed by atoms with Gasteiger partial charge in [-0.25, -0.2) is 0 Å². The number of morpholine rings is 1. The molecule has 2 heterocycles. The van der Waals surface area contributed by atoms with Crippen LogP contribution in [0.4, 0.5) is 0 Å². The molecule has 16 heavy (non-hydrogen) atoms. The zero-order chi connectivity index (χ0) is 11.4. The summed E-state index contributed by atoms with van der Waals surface area (Å²) in [6, 6.07) is 0. The summed E-state index contributed by atoms with van der Waals surface area (Å²) in [6.07, 6.45) is 1.99. The Balaban J connectivity index is 1.81. The predicted molar refractivity (Wildman–Crippen MR) is 58.3 cm³/mol. The zero-order valence-electron chi connectivity index (χ0n) is 9.22. The van der Waals surface area contributed by atoms with E-state index in [1.807, 2.05) is 0 Å². The van der Waals surface area contributed by atoms with Crippen LogP contribution in [0.25, 0.3) is 0 Å². The SMILES string of the molecule is O=S(=O)(NC[C@@H]1CCCO1)N1CCOCC1. The Labute approximate surface area is 96.1 Å². The van der Waals surface area contributed by atoms with Gasteiger partial charge in [0.2, 0.25) is 0 Å². The van der Waals surface area contributed by atoms with Gasteiger partial charge in [0.05, 0.1) is 19.3 Å². The molecule has 1 N–H and O–H groups in total. The average Bonchev–Trinajstić information content (AvgIpc) is 2.81. The summed E-state index contributed by atoms with van der Waals surface area (Å²) in [5.74, 6) is 0. The predicted octanol–water partition coefficient (Wildman–Crippen LogP) is -0.668. The molecule has 0 unspecified atom stereocenters. The molecule has 0 radical (unpaired) electrons. The lowest BCUT2D eigenvalue weighted by Crippen LogP contribution is -2.48. The molecule has 2 saturated heterocycles. The number of rotatable bonds is 4. The number of nitrogens with zero attached hydrogens (tertiary/aromatic N) is 1. The lowest BCUT2D eigenvalue weighted by Gasteiger charge is -2.26. The number of ether oxygens (including phenoxy) is 2. The summed E-state index contributed by atoms with van der Waals surface area (Å²) in [7, 11) is -3.35. The fourth-order valence-corrected chi connectivity index (χ4v) is 3.09. The second kappa shape index (κ2) is 5.42. The highest BCUT2D eigenvalue weighted by Crippen LogP contribution is 2.11. The van der Waals surface area contributed by atoms with Gasteiger partial charge in [-0.2, -0.15) is 17.4 Å². The van der Waals surface area contributed by atoms with Crippen LogP contribution in [-0.4, -0.2) is 58.3 Å². The molecule has 2 rings (SSSR count). The maximum atomic E-state index is 11.8. The standard InChI is InChI=1S/C9H18N2O4S/c12-16(13,11-3-6-14-7-4-11)10-8-9-2-1-5-15-9/h9-10H,1-8H2/t9-/m0/s1. The van der Waals surface area contributed by atoms with Crippen molar-refractivity contribution >= 4 is 10.2 Å². The van der Waals surface area contributed by atoms with E-state index >= 15 is 0 Å². The molecule has 0 aromatic carbocycles. The van der Waals surface area contributed by atoms with E-state index in [9.17, 15) is 8.42 Å².